The first-order valence-corrected chi connectivity index (χ1v) is 6.35. The summed E-state index contributed by atoms with van der Waals surface area (Å²) < 4.78 is 0. The second kappa shape index (κ2) is 7.16. The molecule has 3 N–H and O–H groups in total. The summed E-state index contributed by atoms with van der Waals surface area (Å²) >= 11 is 0. The molecule has 1 aliphatic carbocycles. The maximum Gasteiger partial charge on any atom is 0.307 e. The highest BCUT2D eigenvalue weighted by atomic mass is 16.4. The number of aliphatic hydroxyl groups is 1. The lowest BCUT2D eigenvalue weighted by molar-refractivity contribution is -0.147. The number of aliphatic carboxylic acids is 1. The molecule has 1 aliphatic rings. The minimum atomic E-state index is -0.914. The summed E-state index contributed by atoms with van der Waals surface area (Å²) in [5.41, 5.74) is 0. The van der Waals surface area contributed by atoms with Crippen molar-refractivity contribution in [2.24, 2.45) is 11.8 Å². The molecule has 5 heteroatoms. The molecular weight excluding hydrogens is 234 g/mol. The number of carbonyl (C=O) groups excluding carboxylic acids is 1. The van der Waals surface area contributed by atoms with E-state index < -0.39 is 17.8 Å². The Balaban J connectivity index is 2.53. The summed E-state index contributed by atoms with van der Waals surface area (Å²) in [6.45, 7) is 1.96. The van der Waals surface area contributed by atoms with E-state index in [1.807, 2.05) is 19.1 Å². The van der Waals surface area contributed by atoms with Gasteiger partial charge in [-0.2, -0.15) is 0 Å². The molecule has 0 aromatic heterocycles. The normalized spacial score (nSPS) is 24.6. The van der Waals surface area contributed by atoms with Gasteiger partial charge in [-0.15, -0.1) is 0 Å². The first kappa shape index (κ1) is 14.7. The first-order valence-electron chi connectivity index (χ1n) is 6.35. The number of carboxylic acids is 1. The fourth-order valence-electron chi connectivity index (χ4n) is 2.20. The van der Waals surface area contributed by atoms with Gasteiger partial charge in [0.2, 0.25) is 5.91 Å². The molecule has 5 nitrogen and oxygen atoms in total. The highest BCUT2D eigenvalue weighted by Gasteiger charge is 2.34. The third-order valence-corrected chi connectivity index (χ3v) is 3.27. The van der Waals surface area contributed by atoms with Crippen LogP contribution in [0, 0.1) is 11.8 Å². The summed E-state index contributed by atoms with van der Waals surface area (Å²) in [5.74, 6) is -2.22. The molecule has 102 valence electrons. The number of amides is 1. The predicted octanol–water partition coefficient (Wildman–Crippen LogP) is 0.931. The molecule has 1 rings (SSSR count). The Bertz CT molecular complexity index is 327. The molecule has 1 unspecified atom stereocenters. The van der Waals surface area contributed by atoms with Crippen molar-refractivity contribution >= 4 is 11.9 Å². The van der Waals surface area contributed by atoms with Crippen LogP contribution < -0.4 is 5.32 Å². The molecule has 0 fully saturated rings. The number of hydrogen-bond acceptors (Lipinski definition) is 3. The van der Waals surface area contributed by atoms with E-state index in [9.17, 15) is 9.59 Å². The van der Waals surface area contributed by atoms with Gasteiger partial charge in [-0.25, -0.2) is 0 Å². The van der Waals surface area contributed by atoms with E-state index in [4.69, 9.17) is 10.2 Å². The largest absolute Gasteiger partial charge is 0.481 e. The topological polar surface area (TPSA) is 86.6 Å². The Labute approximate surface area is 107 Å². The van der Waals surface area contributed by atoms with Crippen molar-refractivity contribution in [3.8, 4) is 0 Å². The zero-order valence-corrected chi connectivity index (χ0v) is 10.6. The van der Waals surface area contributed by atoms with Crippen molar-refractivity contribution in [2.75, 3.05) is 6.61 Å². The summed E-state index contributed by atoms with van der Waals surface area (Å²) in [6.07, 6.45) is 5.91. The monoisotopic (exact) mass is 255 g/mol. The van der Waals surface area contributed by atoms with Crippen LogP contribution in [0.2, 0.25) is 0 Å². The minimum absolute atomic E-state index is 0.0370. The van der Waals surface area contributed by atoms with Gasteiger partial charge in [0.15, 0.2) is 0 Å². The Morgan fingerprint density at radius 1 is 1.33 bits per heavy atom. The lowest BCUT2D eigenvalue weighted by atomic mass is 9.82. The van der Waals surface area contributed by atoms with Gasteiger partial charge in [-0.1, -0.05) is 12.2 Å². The van der Waals surface area contributed by atoms with Gasteiger partial charge in [0.25, 0.3) is 0 Å². The van der Waals surface area contributed by atoms with Crippen LogP contribution in [0.25, 0.3) is 0 Å². The Morgan fingerprint density at radius 3 is 2.50 bits per heavy atom. The number of rotatable bonds is 6. The van der Waals surface area contributed by atoms with Crippen molar-refractivity contribution in [1.29, 1.82) is 0 Å². The molecule has 0 bridgehead atoms. The van der Waals surface area contributed by atoms with Gasteiger partial charge in [0.05, 0.1) is 11.8 Å². The molecule has 0 aliphatic heterocycles. The minimum Gasteiger partial charge on any atom is -0.481 e. The van der Waals surface area contributed by atoms with Crippen LogP contribution in [0.1, 0.15) is 32.6 Å². The fraction of sp³-hybridized carbons (Fsp3) is 0.692. The average molecular weight is 255 g/mol. The van der Waals surface area contributed by atoms with Crippen molar-refractivity contribution < 1.29 is 19.8 Å². The highest BCUT2D eigenvalue weighted by Crippen LogP contribution is 2.26. The molecule has 0 aromatic rings. The van der Waals surface area contributed by atoms with Crippen LogP contribution in [-0.4, -0.2) is 34.7 Å². The number of hydrogen-bond donors (Lipinski definition) is 3. The molecule has 0 spiro atoms. The zero-order chi connectivity index (χ0) is 13.5. The molecule has 0 saturated heterocycles. The average Bonchev–Trinajstić information content (AvgIpc) is 2.36. The van der Waals surface area contributed by atoms with Gasteiger partial charge in [-0.3, -0.25) is 9.59 Å². The quantitative estimate of drug-likeness (QED) is 0.616. The van der Waals surface area contributed by atoms with Crippen molar-refractivity contribution in [3.05, 3.63) is 12.2 Å². The van der Waals surface area contributed by atoms with Crippen molar-refractivity contribution in [2.45, 2.75) is 38.6 Å². The van der Waals surface area contributed by atoms with Crippen LogP contribution in [-0.2, 0) is 9.59 Å². The lowest BCUT2D eigenvalue weighted by Crippen LogP contribution is -2.42. The number of carboxylic acid groups (broad SMARTS) is 1. The summed E-state index contributed by atoms with van der Waals surface area (Å²) in [6, 6.07) is -0.0370. The van der Waals surface area contributed by atoms with Crippen LogP contribution in [0.3, 0.4) is 0 Å². The van der Waals surface area contributed by atoms with Crippen LogP contribution in [0.4, 0.5) is 0 Å². The van der Waals surface area contributed by atoms with Crippen molar-refractivity contribution in [3.63, 3.8) is 0 Å². The molecule has 0 aromatic carbocycles. The molecule has 0 radical (unpaired) electrons. The lowest BCUT2D eigenvalue weighted by Gasteiger charge is -2.26. The third kappa shape index (κ3) is 4.14. The summed E-state index contributed by atoms with van der Waals surface area (Å²) in [7, 11) is 0. The maximum absolute atomic E-state index is 12.0. The number of carbonyl (C=O) groups is 2. The Hall–Kier alpha value is -1.36. The highest BCUT2D eigenvalue weighted by molar-refractivity contribution is 5.85. The van der Waals surface area contributed by atoms with E-state index in [-0.39, 0.29) is 18.6 Å². The predicted molar refractivity (Wildman–Crippen MR) is 66.9 cm³/mol. The van der Waals surface area contributed by atoms with Gasteiger partial charge >= 0.3 is 5.97 Å². The number of allylic oxidation sites excluding steroid dienone is 2. The molecule has 0 saturated carbocycles. The van der Waals surface area contributed by atoms with E-state index in [2.05, 4.69) is 5.32 Å². The second-order valence-electron chi connectivity index (χ2n) is 4.77. The molecule has 0 heterocycles. The molecule has 18 heavy (non-hydrogen) atoms. The van der Waals surface area contributed by atoms with Crippen molar-refractivity contribution in [1.82, 2.24) is 5.32 Å². The third-order valence-electron chi connectivity index (χ3n) is 3.27. The first-order chi connectivity index (χ1) is 8.56. The van der Waals surface area contributed by atoms with Gasteiger partial charge in [0, 0.05) is 12.6 Å². The molecular formula is C13H21NO4. The number of nitrogens with one attached hydrogen (secondary N) is 1. The fourth-order valence-corrected chi connectivity index (χ4v) is 2.20. The standard InChI is InChI=1S/C13H21NO4/c1-9(5-4-8-15)14-12(16)10-6-2-3-7-11(10)13(17)18/h2-3,9-11,15H,4-8H2,1H3,(H,14,16)(H,17,18)/t9?,10-,11+/m1/s1. The zero-order valence-electron chi connectivity index (χ0n) is 10.6. The second-order valence-corrected chi connectivity index (χ2v) is 4.77. The number of aliphatic hydroxyl groups excluding tert-OH is 1. The Kier molecular flexibility index (Phi) is 5.85. The van der Waals surface area contributed by atoms with Crippen LogP contribution in [0.5, 0.6) is 0 Å². The van der Waals surface area contributed by atoms with Gasteiger partial charge < -0.3 is 15.5 Å². The van der Waals surface area contributed by atoms with E-state index in [1.54, 1.807) is 0 Å². The Morgan fingerprint density at radius 2 is 1.94 bits per heavy atom. The molecule has 3 atom stereocenters. The van der Waals surface area contributed by atoms with E-state index in [0.29, 0.717) is 25.7 Å². The van der Waals surface area contributed by atoms with E-state index in [0.717, 1.165) is 0 Å². The maximum atomic E-state index is 12.0. The molecule has 1 amide bonds. The van der Waals surface area contributed by atoms with Crippen LogP contribution in [0.15, 0.2) is 12.2 Å². The van der Waals surface area contributed by atoms with Gasteiger partial charge in [-0.05, 0) is 32.6 Å². The smallest absolute Gasteiger partial charge is 0.307 e. The van der Waals surface area contributed by atoms with Gasteiger partial charge in [0.1, 0.15) is 0 Å². The summed E-state index contributed by atoms with van der Waals surface area (Å²) in [4.78, 5) is 23.1. The van der Waals surface area contributed by atoms with Crippen LogP contribution >= 0.6 is 0 Å². The van der Waals surface area contributed by atoms with E-state index >= 15 is 0 Å². The summed E-state index contributed by atoms with van der Waals surface area (Å²) in [5, 5.41) is 20.6. The van der Waals surface area contributed by atoms with E-state index in [1.165, 1.54) is 0 Å². The SMILES string of the molecule is CC(CCCO)NC(=O)[C@@H]1CC=CC[C@@H]1C(=O)O.